The Hall–Kier alpha value is -11.6. The van der Waals surface area contributed by atoms with Crippen molar-refractivity contribution in [2.45, 2.75) is 0 Å². The maximum Gasteiger partial charge on any atom is 0.261 e. The Morgan fingerprint density at radius 2 is 0.489 bits per heavy atom. The molecule has 0 unspecified atom stereocenters. The fourth-order valence-electron chi connectivity index (χ4n) is 14.2. The van der Waals surface area contributed by atoms with Crippen LogP contribution in [0.2, 0.25) is 0 Å². The van der Waals surface area contributed by atoms with Crippen LogP contribution in [0.3, 0.4) is 0 Å². The normalized spacial score (nSPS) is 13.0. The molecule has 2 bridgehead atoms. The Kier molecular flexibility index (Phi) is 11.3. The average Bonchev–Trinajstić information content (AvgIpc) is 0.693. The van der Waals surface area contributed by atoms with E-state index in [2.05, 4.69) is 334 Å². The SMILES string of the molecule is c1ccc(N(c2ccccc2)c2cc3c4c(c2)Oc2cc(N(c5ccccc5)c5ccccc5)cc5c2B4c2cc4c(cc2N5c2ccccc2)N(c2ccccc2)c2cc(N(c5ccccc5)c5ccccc5)cc5c2B4c2c(cccc2O5)O3)cc1. The molecule has 412 valence electrons. The van der Waals surface area contributed by atoms with Crippen molar-refractivity contribution < 1.29 is 14.2 Å². The lowest BCUT2D eigenvalue weighted by molar-refractivity contribution is 0.460. The van der Waals surface area contributed by atoms with Gasteiger partial charge >= 0.3 is 0 Å². The van der Waals surface area contributed by atoms with E-state index in [9.17, 15) is 0 Å². The van der Waals surface area contributed by atoms with Gasteiger partial charge in [-0.1, -0.05) is 158 Å². The van der Waals surface area contributed by atoms with Gasteiger partial charge in [0.2, 0.25) is 0 Å². The molecular weight excluding hydrogens is 1080 g/mol. The van der Waals surface area contributed by atoms with Gasteiger partial charge in [-0.3, -0.25) is 0 Å². The van der Waals surface area contributed by atoms with Crippen LogP contribution in [-0.4, -0.2) is 13.4 Å². The predicted octanol–water partition coefficient (Wildman–Crippen LogP) is 17.0. The molecule has 0 saturated heterocycles. The Morgan fingerprint density at radius 1 is 0.216 bits per heavy atom. The smallest absolute Gasteiger partial charge is 0.261 e. The lowest BCUT2D eigenvalue weighted by Crippen LogP contribution is -2.64. The van der Waals surface area contributed by atoms with Crippen molar-refractivity contribution in [1.82, 2.24) is 0 Å². The van der Waals surface area contributed by atoms with E-state index >= 15 is 0 Å². The van der Waals surface area contributed by atoms with Gasteiger partial charge in [0.1, 0.15) is 34.5 Å². The second-order valence-electron chi connectivity index (χ2n) is 22.8. The maximum absolute atomic E-state index is 7.86. The Labute approximate surface area is 511 Å². The minimum absolute atomic E-state index is 0.325. The monoisotopic (exact) mass is 1130 g/mol. The van der Waals surface area contributed by atoms with Crippen molar-refractivity contribution in [2.24, 2.45) is 0 Å². The van der Waals surface area contributed by atoms with Crippen LogP contribution >= 0.6 is 0 Å². The molecule has 13 aromatic rings. The Balaban J connectivity index is 0.968. The fraction of sp³-hybridized carbons (Fsp3) is 0. The van der Waals surface area contributed by atoms with Crippen LogP contribution in [0, 0.1) is 0 Å². The van der Waals surface area contributed by atoms with E-state index in [0.717, 1.165) is 135 Å². The minimum atomic E-state index is -0.362. The third kappa shape index (κ3) is 7.82. The molecule has 88 heavy (non-hydrogen) atoms. The zero-order valence-electron chi connectivity index (χ0n) is 47.6. The fourth-order valence-corrected chi connectivity index (χ4v) is 14.2. The third-order valence-electron chi connectivity index (χ3n) is 17.8. The topological polar surface area (TPSA) is 43.9 Å². The second-order valence-corrected chi connectivity index (χ2v) is 22.8. The molecule has 10 heteroatoms. The molecule has 0 amide bonds. The molecule has 8 nitrogen and oxygen atoms in total. The summed E-state index contributed by atoms with van der Waals surface area (Å²) in [4.78, 5) is 11.9. The molecule has 0 atom stereocenters. The average molecular weight is 1130 g/mol. The Morgan fingerprint density at radius 3 is 0.818 bits per heavy atom. The lowest BCUT2D eigenvalue weighted by Gasteiger charge is -2.45. The summed E-state index contributed by atoms with van der Waals surface area (Å²) in [7, 11) is 0. The molecule has 0 aliphatic carbocycles. The molecule has 0 spiro atoms. The largest absolute Gasteiger partial charge is 0.458 e. The standard InChI is InChI=1S/C78H51B2N5O3/c1-9-26-52(27-10-1)81(53-28-11-2-12-29-53)60-44-67-75-71(46-60)86-69-42-25-43-70-77(69)79(75)63-50-64-66(51-65(63)84(67)58-38-21-7-22-39-58)85(59-40-23-8-24-41-59)68-45-61(82(54-30-13-3-14-31-54)55-32-15-4-16-33-55)47-72-76(68)80(64)78-73(87-70)48-62(49-74(78)88-72)83(56-34-17-5-18-35-56)57-36-19-6-20-37-57/h1-51H. The van der Waals surface area contributed by atoms with E-state index in [4.69, 9.17) is 14.2 Å². The summed E-state index contributed by atoms with van der Waals surface area (Å²) in [5.41, 5.74) is 21.4. The van der Waals surface area contributed by atoms with E-state index in [1.165, 1.54) is 0 Å². The van der Waals surface area contributed by atoms with Gasteiger partial charge < -0.3 is 38.7 Å². The van der Waals surface area contributed by atoms with Crippen LogP contribution in [0.25, 0.3) is 0 Å². The Bertz CT molecular complexity index is 4740. The summed E-state index contributed by atoms with van der Waals surface area (Å²) in [6.07, 6.45) is 0. The highest BCUT2D eigenvalue weighted by Crippen LogP contribution is 2.52. The first-order valence-corrected chi connectivity index (χ1v) is 30.0. The van der Waals surface area contributed by atoms with E-state index in [1.54, 1.807) is 0 Å². The number of para-hydroxylation sites is 8. The van der Waals surface area contributed by atoms with Gasteiger partial charge in [-0.2, -0.15) is 0 Å². The summed E-state index contributed by atoms with van der Waals surface area (Å²) < 4.78 is 23.0. The van der Waals surface area contributed by atoms with E-state index < -0.39 is 0 Å². The number of anilines is 15. The summed E-state index contributed by atoms with van der Waals surface area (Å²) in [6.45, 7) is -0.687. The van der Waals surface area contributed by atoms with Crippen molar-refractivity contribution in [3.63, 3.8) is 0 Å². The van der Waals surface area contributed by atoms with Crippen LogP contribution in [0.15, 0.2) is 309 Å². The predicted molar refractivity (Wildman–Crippen MR) is 362 cm³/mol. The zero-order valence-corrected chi connectivity index (χ0v) is 47.6. The second kappa shape index (κ2) is 20.0. The van der Waals surface area contributed by atoms with Gasteiger partial charge in [-0.05, 0) is 149 Å². The van der Waals surface area contributed by atoms with Crippen molar-refractivity contribution in [1.29, 1.82) is 0 Å². The number of benzene rings is 13. The number of ether oxygens (including phenoxy) is 3. The molecule has 5 aliphatic heterocycles. The summed E-state index contributed by atoms with van der Waals surface area (Å²) in [6, 6.07) is 110. The van der Waals surface area contributed by atoms with Crippen molar-refractivity contribution in [3.8, 4) is 34.5 Å². The molecule has 18 rings (SSSR count). The summed E-state index contributed by atoms with van der Waals surface area (Å²) in [5, 5.41) is 0. The van der Waals surface area contributed by atoms with Crippen molar-refractivity contribution >= 4 is 132 Å². The van der Waals surface area contributed by atoms with Crippen LogP contribution in [0.1, 0.15) is 0 Å². The van der Waals surface area contributed by atoms with Gasteiger partial charge in [-0.15, -0.1) is 0 Å². The molecule has 0 fully saturated rings. The van der Waals surface area contributed by atoms with Gasteiger partial charge in [-0.25, -0.2) is 0 Å². The maximum atomic E-state index is 7.86. The number of nitrogens with zero attached hydrogens (tertiary/aromatic N) is 5. The van der Waals surface area contributed by atoms with Gasteiger partial charge in [0.05, 0.1) is 17.1 Å². The van der Waals surface area contributed by atoms with E-state index in [0.29, 0.717) is 17.2 Å². The van der Waals surface area contributed by atoms with Crippen LogP contribution in [0.5, 0.6) is 34.5 Å². The molecule has 5 heterocycles. The quantitative estimate of drug-likeness (QED) is 0.119. The van der Waals surface area contributed by atoms with E-state index in [1.807, 2.05) is 0 Å². The van der Waals surface area contributed by atoms with Crippen LogP contribution < -0.4 is 71.5 Å². The van der Waals surface area contributed by atoms with Gasteiger partial charge in [0, 0.05) is 103 Å². The first-order valence-electron chi connectivity index (χ1n) is 30.0. The molecule has 13 aromatic carbocycles. The van der Waals surface area contributed by atoms with Crippen molar-refractivity contribution in [3.05, 3.63) is 309 Å². The summed E-state index contributed by atoms with van der Waals surface area (Å²) in [5.74, 6) is 4.39. The van der Waals surface area contributed by atoms with Gasteiger partial charge in [0.25, 0.3) is 13.4 Å². The molecule has 0 radical (unpaired) electrons. The minimum Gasteiger partial charge on any atom is -0.458 e. The number of hydrogen-bond donors (Lipinski definition) is 0. The molecular formula is C78H51B2N5O3. The molecule has 0 saturated carbocycles. The van der Waals surface area contributed by atoms with Crippen molar-refractivity contribution in [2.75, 3.05) is 24.5 Å². The zero-order chi connectivity index (χ0) is 57.8. The van der Waals surface area contributed by atoms with Crippen LogP contribution in [0.4, 0.5) is 85.3 Å². The number of rotatable bonds is 11. The highest BCUT2D eigenvalue weighted by atomic mass is 16.5. The highest BCUT2D eigenvalue weighted by molar-refractivity contribution is 7.02. The molecule has 5 aliphatic rings. The first kappa shape index (κ1) is 49.8. The van der Waals surface area contributed by atoms with Gasteiger partial charge in [0.15, 0.2) is 0 Å². The van der Waals surface area contributed by atoms with E-state index in [-0.39, 0.29) is 13.4 Å². The van der Waals surface area contributed by atoms with Crippen LogP contribution in [-0.2, 0) is 0 Å². The molecule has 0 N–H and O–H groups in total. The first-order chi connectivity index (χ1) is 43.7. The highest BCUT2D eigenvalue weighted by Gasteiger charge is 2.50. The number of hydrogen-bond acceptors (Lipinski definition) is 8. The molecule has 0 aromatic heterocycles. The lowest BCUT2D eigenvalue weighted by atomic mass is 9.30. The summed E-state index contributed by atoms with van der Waals surface area (Å²) >= 11 is 0. The third-order valence-corrected chi connectivity index (χ3v) is 17.8.